The molecule has 0 saturated carbocycles. The van der Waals surface area contributed by atoms with Gasteiger partial charge in [0.05, 0.1) is 0 Å². The number of rotatable bonds is 15. The SMILES string of the molecule is CCCCCCC(C)N(C)C(=O)CCCCCCCCc1ccccc1. The normalized spacial score (nSPS) is 12.1. The first-order valence-electron chi connectivity index (χ1n) is 10.9. The summed E-state index contributed by atoms with van der Waals surface area (Å²) in [4.78, 5) is 14.3. The third kappa shape index (κ3) is 10.6. The van der Waals surface area contributed by atoms with E-state index in [2.05, 4.69) is 44.2 Å². The molecule has 0 N–H and O–H groups in total. The average molecular weight is 360 g/mol. The molecule has 0 fully saturated rings. The van der Waals surface area contributed by atoms with E-state index in [0.29, 0.717) is 11.9 Å². The smallest absolute Gasteiger partial charge is 0.222 e. The lowest BCUT2D eigenvalue weighted by molar-refractivity contribution is -0.131. The van der Waals surface area contributed by atoms with E-state index in [-0.39, 0.29) is 0 Å². The van der Waals surface area contributed by atoms with Crippen molar-refractivity contribution >= 4 is 5.91 Å². The first-order chi connectivity index (χ1) is 12.6. The molecule has 1 aromatic carbocycles. The van der Waals surface area contributed by atoms with Crippen molar-refractivity contribution < 1.29 is 4.79 Å². The quantitative estimate of drug-likeness (QED) is 0.316. The number of amides is 1. The Labute approximate surface area is 162 Å². The highest BCUT2D eigenvalue weighted by Gasteiger charge is 2.14. The van der Waals surface area contributed by atoms with E-state index in [1.54, 1.807) is 0 Å². The van der Waals surface area contributed by atoms with Crippen molar-refractivity contribution in [2.75, 3.05) is 7.05 Å². The first-order valence-corrected chi connectivity index (χ1v) is 10.9. The molecule has 2 nitrogen and oxygen atoms in total. The van der Waals surface area contributed by atoms with Crippen LogP contribution >= 0.6 is 0 Å². The minimum Gasteiger partial charge on any atom is -0.343 e. The van der Waals surface area contributed by atoms with Gasteiger partial charge in [0.15, 0.2) is 0 Å². The number of carbonyl (C=O) groups is 1. The van der Waals surface area contributed by atoms with Gasteiger partial charge in [0.25, 0.3) is 0 Å². The molecule has 1 unspecified atom stereocenters. The number of aryl methyl sites for hydroxylation is 1. The van der Waals surface area contributed by atoms with E-state index in [1.165, 1.54) is 69.8 Å². The molecule has 0 aromatic heterocycles. The Morgan fingerprint density at radius 3 is 2.19 bits per heavy atom. The second-order valence-electron chi connectivity index (χ2n) is 7.81. The van der Waals surface area contributed by atoms with Crippen molar-refractivity contribution in [1.82, 2.24) is 4.90 Å². The summed E-state index contributed by atoms with van der Waals surface area (Å²) in [6.07, 6.45) is 15.6. The fraction of sp³-hybridized carbons (Fsp3) is 0.708. The minimum atomic E-state index is 0.331. The summed E-state index contributed by atoms with van der Waals surface area (Å²) in [6.45, 7) is 4.43. The van der Waals surface area contributed by atoms with E-state index >= 15 is 0 Å². The fourth-order valence-electron chi connectivity index (χ4n) is 3.44. The predicted octanol–water partition coefficient (Wildman–Crippen LogP) is 6.78. The van der Waals surface area contributed by atoms with Gasteiger partial charge < -0.3 is 4.90 Å². The van der Waals surface area contributed by atoms with Crippen molar-refractivity contribution in [1.29, 1.82) is 0 Å². The largest absolute Gasteiger partial charge is 0.343 e. The Morgan fingerprint density at radius 2 is 1.50 bits per heavy atom. The van der Waals surface area contributed by atoms with Gasteiger partial charge in [-0.05, 0) is 38.2 Å². The molecular formula is C24H41NO. The maximum atomic E-state index is 12.3. The number of nitrogens with zero attached hydrogens (tertiary/aromatic N) is 1. The number of benzene rings is 1. The van der Waals surface area contributed by atoms with Gasteiger partial charge in [-0.1, -0.05) is 88.6 Å². The van der Waals surface area contributed by atoms with Crippen molar-refractivity contribution in [3.63, 3.8) is 0 Å². The second-order valence-corrected chi connectivity index (χ2v) is 7.81. The van der Waals surface area contributed by atoms with Crippen LogP contribution in [0.1, 0.15) is 96.5 Å². The van der Waals surface area contributed by atoms with Crippen molar-refractivity contribution in [3.05, 3.63) is 35.9 Å². The van der Waals surface area contributed by atoms with E-state index < -0.39 is 0 Å². The highest BCUT2D eigenvalue weighted by molar-refractivity contribution is 5.76. The molecule has 0 aliphatic rings. The maximum absolute atomic E-state index is 12.3. The average Bonchev–Trinajstić information content (AvgIpc) is 2.67. The monoisotopic (exact) mass is 359 g/mol. The molecule has 0 radical (unpaired) electrons. The summed E-state index contributed by atoms with van der Waals surface area (Å²) in [5.74, 6) is 0.331. The van der Waals surface area contributed by atoms with E-state index in [9.17, 15) is 4.79 Å². The molecule has 1 rings (SSSR count). The Hall–Kier alpha value is -1.31. The summed E-state index contributed by atoms with van der Waals surface area (Å²) in [5.41, 5.74) is 1.45. The molecule has 2 heteroatoms. The summed E-state index contributed by atoms with van der Waals surface area (Å²) in [6, 6.07) is 11.1. The molecule has 0 spiro atoms. The van der Waals surface area contributed by atoms with E-state index in [1.807, 2.05) is 11.9 Å². The molecule has 0 aliphatic carbocycles. The molecule has 148 valence electrons. The molecule has 0 saturated heterocycles. The molecule has 0 aliphatic heterocycles. The van der Waals surface area contributed by atoms with Gasteiger partial charge in [-0.25, -0.2) is 0 Å². The molecular weight excluding hydrogens is 318 g/mol. The van der Waals surface area contributed by atoms with Crippen molar-refractivity contribution in [2.45, 2.75) is 103 Å². The maximum Gasteiger partial charge on any atom is 0.222 e. The van der Waals surface area contributed by atoms with Crippen LogP contribution in [0.4, 0.5) is 0 Å². The predicted molar refractivity (Wildman–Crippen MR) is 113 cm³/mol. The number of unbranched alkanes of at least 4 members (excludes halogenated alkanes) is 8. The highest BCUT2D eigenvalue weighted by atomic mass is 16.2. The number of hydrogen-bond donors (Lipinski definition) is 0. The summed E-state index contributed by atoms with van der Waals surface area (Å²) < 4.78 is 0. The third-order valence-electron chi connectivity index (χ3n) is 5.48. The molecule has 0 bridgehead atoms. The Kier molecular flexibility index (Phi) is 13.0. The van der Waals surface area contributed by atoms with Crippen LogP contribution in [-0.4, -0.2) is 23.9 Å². The Bertz CT molecular complexity index is 457. The van der Waals surface area contributed by atoms with Crippen LogP contribution < -0.4 is 0 Å². The summed E-state index contributed by atoms with van der Waals surface area (Å²) in [7, 11) is 1.98. The number of carbonyl (C=O) groups excluding carboxylic acids is 1. The zero-order chi connectivity index (χ0) is 19.0. The molecule has 0 heterocycles. The highest BCUT2D eigenvalue weighted by Crippen LogP contribution is 2.13. The zero-order valence-electron chi connectivity index (χ0n) is 17.5. The Balaban J connectivity index is 1.98. The molecule has 1 atom stereocenters. The topological polar surface area (TPSA) is 20.3 Å². The van der Waals surface area contributed by atoms with Gasteiger partial charge in [-0.3, -0.25) is 4.79 Å². The fourth-order valence-corrected chi connectivity index (χ4v) is 3.44. The third-order valence-corrected chi connectivity index (χ3v) is 5.48. The lowest BCUT2D eigenvalue weighted by Gasteiger charge is -2.25. The van der Waals surface area contributed by atoms with Crippen LogP contribution in [0.15, 0.2) is 30.3 Å². The zero-order valence-corrected chi connectivity index (χ0v) is 17.5. The molecule has 26 heavy (non-hydrogen) atoms. The summed E-state index contributed by atoms with van der Waals surface area (Å²) in [5, 5.41) is 0. The lowest BCUT2D eigenvalue weighted by Crippen LogP contribution is -2.34. The van der Waals surface area contributed by atoms with Crippen LogP contribution in [-0.2, 0) is 11.2 Å². The van der Waals surface area contributed by atoms with Crippen molar-refractivity contribution in [2.24, 2.45) is 0 Å². The van der Waals surface area contributed by atoms with Gasteiger partial charge in [0.1, 0.15) is 0 Å². The second kappa shape index (κ2) is 14.8. The van der Waals surface area contributed by atoms with Gasteiger partial charge >= 0.3 is 0 Å². The first kappa shape index (κ1) is 22.7. The lowest BCUT2D eigenvalue weighted by atomic mass is 10.0. The van der Waals surface area contributed by atoms with Crippen LogP contribution in [0.25, 0.3) is 0 Å². The standard InChI is InChI=1S/C24H41NO/c1-4-5-6-12-17-22(2)25(3)24(26)21-16-10-8-7-9-13-18-23-19-14-11-15-20-23/h11,14-15,19-20,22H,4-10,12-13,16-18,21H2,1-3H3. The van der Waals surface area contributed by atoms with Crippen LogP contribution in [0, 0.1) is 0 Å². The van der Waals surface area contributed by atoms with Crippen LogP contribution in [0.5, 0.6) is 0 Å². The minimum absolute atomic E-state index is 0.331. The summed E-state index contributed by atoms with van der Waals surface area (Å²) >= 11 is 0. The molecule has 1 amide bonds. The Morgan fingerprint density at radius 1 is 0.885 bits per heavy atom. The van der Waals surface area contributed by atoms with Gasteiger partial charge in [-0.2, -0.15) is 0 Å². The van der Waals surface area contributed by atoms with Crippen molar-refractivity contribution in [3.8, 4) is 0 Å². The van der Waals surface area contributed by atoms with Gasteiger partial charge in [0, 0.05) is 19.5 Å². The van der Waals surface area contributed by atoms with Crippen LogP contribution in [0.3, 0.4) is 0 Å². The van der Waals surface area contributed by atoms with Gasteiger partial charge in [-0.15, -0.1) is 0 Å². The van der Waals surface area contributed by atoms with E-state index in [4.69, 9.17) is 0 Å². The van der Waals surface area contributed by atoms with E-state index in [0.717, 1.165) is 19.3 Å². The van der Waals surface area contributed by atoms with Crippen LogP contribution in [0.2, 0.25) is 0 Å². The molecule has 1 aromatic rings. The van der Waals surface area contributed by atoms with Gasteiger partial charge in [0.2, 0.25) is 5.91 Å². The number of hydrogen-bond acceptors (Lipinski definition) is 1.